The molecule has 30 heavy (non-hydrogen) atoms. The molecule has 2 rings (SSSR count). The molecule has 2 aromatic rings. The Hall–Kier alpha value is -1.21. The Morgan fingerprint density at radius 2 is 1.27 bits per heavy atom. The molecule has 0 spiro atoms. The normalized spacial score (nSPS) is 10.5. The van der Waals surface area contributed by atoms with E-state index in [4.69, 9.17) is 38.2 Å². The second-order valence-corrected chi connectivity index (χ2v) is 9.83. The summed E-state index contributed by atoms with van der Waals surface area (Å²) in [6.07, 6.45) is 0. The summed E-state index contributed by atoms with van der Waals surface area (Å²) in [6.45, 7) is 9.49. The van der Waals surface area contributed by atoms with Crippen LogP contribution >= 0.6 is 0 Å². The Morgan fingerprint density at radius 3 is 1.63 bits per heavy atom. The minimum atomic E-state index is -0.167. The monoisotopic (exact) mass is 534 g/mol. The van der Waals surface area contributed by atoms with Gasteiger partial charge in [0.25, 0.3) is 0 Å². The van der Waals surface area contributed by atoms with Crippen LogP contribution in [0.15, 0.2) is 48.5 Å². The topological polar surface area (TPSA) is 61.7 Å². The molecule has 0 bridgehead atoms. The Labute approximate surface area is 203 Å². The fourth-order valence-electron chi connectivity index (χ4n) is 1.99. The van der Waals surface area contributed by atoms with Crippen LogP contribution in [-0.2, 0) is 47.6 Å². The molecule has 0 amide bonds. The fourth-order valence-corrected chi connectivity index (χ4v) is 2.13. The first-order chi connectivity index (χ1) is 14.0. The molecule has 0 saturated carbocycles. The molecule has 0 fully saturated rings. The van der Waals surface area contributed by atoms with E-state index in [2.05, 4.69) is 10.6 Å². The van der Waals surface area contributed by atoms with Crippen LogP contribution in [0.4, 0.5) is 11.4 Å². The molecule has 166 valence electrons. The maximum absolute atomic E-state index is 8.22. The van der Waals surface area contributed by atoms with Crippen molar-refractivity contribution < 1.29 is 31.8 Å². The first-order valence-corrected chi connectivity index (χ1v) is 10.9. The van der Waals surface area contributed by atoms with Crippen LogP contribution in [0, 0.1) is 0 Å². The van der Waals surface area contributed by atoms with Crippen LogP contribution in [0.3, 0.4) is 0 Å². The molecule has 1 N–H and O–H groups in total. The van der Waals surface area contributed by atoms with Crippen molar-refractivity contribution in [3.63, 3.8) is 0 Å². The Balaban J connectivity index is 0.000000518. The molecule has 0 radical (unpaired) electrons. The fraction of sp³-hybridized carbons (Fsp3) is 0.455. The van der Waals surface area contributed by atoms with Gasteiger partial charge in [-0.25, -0.2) is 0 Å². The van der Waals surface area contributed by atoms with E-state index in [9.17, 15) is 0 Å². The number of methoxy groups -OCH3 is 2. The summed E-state index contributed by atoms with van der Waals surface area (Å²) in [5, 5.41) is 7.67. The van der Waals surface area contributed by atoms with E-state index in [0.29, 0.717) is 6.54 Å². The summed E-state index contributed by atoms with van der Waals surface area (Å²) >= 11 is 11.4. The predicted molar refractivity (Wildman–Crippen MR) is 126 cm³/mol. The van der Waals surface area contributed by atoms with Gasteiger partial charge in [0.15, 0.2) is 0 Å². The summed E-state index contributed by atoms with van der Waals surface area (Å²) < 4.78 is 18.1. The average molecular weight is 535 g/mol. The molecular formula is C22H31N2O3S2Tc. The van der Waals surface area contributed by atoms with Gasteiger partial charge in [-0.15, -0.1) is 17.0 Å². The van der Waals surface area contributed by atoms with Crippen molar-refractivity contribution in [3.8, 4) is 11.5 Å². The van der Waals surface area contributed by atoms with E-state index in [0.717, 1.165) is 48.3 Å². The predicted octanol–water partition coefficient (Wildman–Crippen LogP) is 5.34. The van der Waals surface area contributed by atoms with E-state index in [1.807, 2.05) is 76.2 Å². The second-order valence-electron chi connectivity index (χ2n) is 7.62. The third kappa shape index (κ3) is 14.7. The summed E-state index contributed by atoms with van der Waals surface area (Å²) in [6, 6.07) is 15.5. The van der Waals surface area contributed by atoms with Gasteiger partial charge in [0, 0.05) is 5.69 Å². The van der Waals surface area contributed by atoms with Gasteiger partial charge in [-0.2, -0.15) is 4.75 Å². The molecule has 0 atom stereocenters. The van der Waals surface area contributed by atoms with Crippen molar-refractivity contribution >= 4 is 36.6 Å². The van der Waals surface area contributed by atoms with Crippen molar-refractivity contribution in [1.29, 1.82) is 0 Å². The number of anilines is 1. The summed E-state index contributed by atoms with van der Waals surface area (Å²) in [7, 11) is 3.31. The van der Waals surface area contributed by atoms with E-state index in [-0.39, 0.29) is 9.49 Å². The number of rotatable bonds is 8. The van der Waals surface area contributed by atoms with Crippen LogP contribution < -0.4 is 14.8 Å². The van der Waals surface area contributed by atoms with Gasteiger partial charge in [-0.1, -0.05) is 39.8 Å². The van der Waals surface area contributed by atoms with Gasteiger partial charge in [0.1, 0.15) is 11.5 Å². The first-order valence-electron chi connectivity index (χ1n) is 9.28. The van der Waals surface area contributed by atoms with Gasteiger partial charge in [0.2, 0.25) is 0 Å². The molecule has 5 nitrogen and oxygen atoms in total. The van der Waals surface area contributed by atoms with Gasteiger partial charge >= 0.3 is 22.4 Å². The molecule has 2 aromatic carbocycles. The minimum absolute atomic E-state index is 0.111. The summed E-state index contributed by atoms with van der Waals surface area (Å²) in [5.74, 6) is 1.72. The molecule has 0 heterocycles. The number of nitrogens with zero attached hydrogens (tertiary/aromatic N) is 1. The molecule has 0 aromatic heterocycles. The van der Waals surface area contributed by atoms with Crippen LogP contribution in [0.2, 0.25) is 0 Å². The summed E-state index contributed by atoms with van der Waals surface area (Å²) in [4.78, 5) is 0. The van der Waals surface area contributed by atoms with E-state index < -0.39 is 0 Å². The Kier molecular flexibility index (Phi) is 14.1. The molecule has 0 aliphatic carbocycles. The van der Waals surface area contributed by atoms with Gasteiger partial charge in [-0.05, 0) is 42.9 Å². The van der Waals surface area contributed by atoms with E-state index in [1.54, 1.807) is 14.2 Å². The van der Waals surface area contributed by atoms with Crippen molar-refractivity contribution in [3.05, 3.63) is 53.8 Å². The third-order valence-corrected chi connectivity index (χ3v) is 3.80. The van der Waals surface area contributed by atoms with Crippen LogP contribution in [0.5, 0.6) is 11.5 Å². The maximum atomic E-state index is 8.22. The zero-order valence-electron chi connectivity index (χ0n) is 18.4. The third-order valence-electron chi connectivity index (χ3n) is 3.52. The SMILES string of the molecule is COc1ccc(NCC(C)(C)[S-])cc1.COc1ccc([N-]CC(C)(C)[S-])cc1.[O]=[99Tc+3]. The number of benzene rings is 2. The number of ether oxygens (including phenoxy) is 2. The Bertz CT molecular complexity index is 639. The average Bonchev–Trinajstić information content (AvgIpc) is 2.72. The standard InChI is InChI=1S/C11H17NOS.C11H16NOS.O.Tc/c2*1-11(2,14)8-12-9-4-6-10(13-3)7-5-9;;/h4-7,12,14H,8H2,1-3H3;4-7,14H,8H2,1-3H3;;/q;-1;;+3/p-2/i;;;1+1. The number of nitrogens with one attached hydrogen (secondary N) is 1. The van der Waals surface area contributed by atoms with E-state index in [1.165, 1.54) is 0 Å². The Morgan fingerprint density at radius 1 is 0.833 bits per heavy atom. The zero-order chi connectivity index (χ0) is 23.2. The molecule has 0 aliphatic heterocycles. The quantitative estimate of drug-likeness (QED) is 0.462. The molecule has 0 saturated heterocycles. The molecule has 0 aliphatic rings. The van der Waals surface area contributed by atoms with Crippen LogP contribution in [-0.4, -0.2) is 36.8 Å². The van der Waals surface area contributed by atoms with Gasteiger partial charge < -0.3 is 45.4 Å². The zero-order valence-corrected chi connectivity index (χ0v) is 21.9. The van der Waals surface area contributed by atoms with Crippen molar-refractivity contribution in [2.45, 2.75) is 37.2 Å². The number of hydrogen-bond acceptors (Lipinski definition) is 6. The first kappa shape index (κ1) is 28.8. The van der Waals surface area contributed by atoms with Crippen LogP contribution in [0.25, 0.3) is 5.32 Å². The summed E-state index contributed by atoms with van der Waals surface area (Å²) in [5.41, 5.74) is 2.02. The molecule has 0 unspecified atom stereocenters. The molecule has 8 heteroatoms. The van der Waals surface area contributed by atoms with E-state index >= 15 is 0 Å². The van der Waals surface area contributed by atoms with Crippen LogP contribution in [0.1, 0.15) is 27.7 Å². The van der Waals surface area contributed by atoms with Crippen molar-refractivity contribution in [1.82, 2.24) is 0 Å². The second kappa shape index (κ2) is 14.7. The van der Waals surface area contributed by atoms with Crippen molar-refractivity contribution in [2.24, 2.45) is 0 Å². The van der Waals surface area contributed by atoms with Gasteiger partial charge in [0.05, 0.1) is 14.2 Å². The van der Waals surface area contributed by atoms with Gasteiger partial charge in [-0.3, -0.25) is 0 Å². The number of hydrogen-bond donors (Lipinski definition) is 1. The van der Waals surface area contributed by atoms with Crippen molar-refractivity contribution in [2.75, 3.05) is 32.6 Å². The molecular weight excluding hydrogens is 503 g/mol.